The van der Waals surface area contributed by atoms with E-state index in [0.29, 0.717) is 27.2 Å². The summed E-state index contributed by atoms with van der Waals surface area (Å²) in [7, 11) is 0. The highest BCUT2D eigenvalue weighted by atomic mass is 35.5. The quantitative estimate of drug-likeness (QED) is 0.817. The Morgan fingerprint density at radius 1 is 1.14 bits per heavy atom. The van der Waals surface area contributed by atoms with Crippen LogP contribution >= 0.6 is 23.2 Å². The van der Waals surface area contributed by atoms with Crippen molar-refractivity contribution in [1.82, 2.24) is 0 Å². The molecule has 0 saturated carbocycles. The van der Waals surface area contributed by atoms with Crippen molar-refractivity contribution < 1.29 is 9.53 Å². The van der Waals surface area contributed by atoms with E-state index >= 15 is 0 Å². The van der Waals surface area contributed by atoms with Crippen LogP contribution in [0, 0.1) is 0 Å². The zero-order chi connectivity index (χ0) is 15.2. The fourth-order valence-corrected chi connectivity index (χ4v) is 2.09. The third-order valence-corrected chi connectivity index (χ3v) is 3.32. The molecule has 0 radical (unpaired) electrons. The van der Waals surface area contributed by atoms with E-state index in [-0.39, 0.29) is 18.9 Å². The highest BCUT2D eigenvalue weighted by Gasteiger charge is 2.07. The van der Waals surface area contributed by atoms with Crippen LogP contribution in [0.1, 0.15) is 6.42 Å². The van der Waals surface area contributed by atoms with Gasteiger partial charge in [-0.1, -0.05) is 35.3 Å². The lowest BCUT2D eigenvalue weighted by Crippen LogP contribution is -2.15. The average Bonchev–Trinajstić information content (AvgIpc) is 2.44. The first-order valence-corrected chi connectivity index (χ1v) is 7.04. The van der Waals surface area contributed by atoms with Gasteiger partial charge in [-0.05, 0) is 30.3 Å². The number of anilines is 2. The molecule has 0 aliphatic heterocycles. The first kappa shape index (κ1) is 15.5. The van der Waals surface area contributed by atoms with Gasteiger partial charge in [0.25, 0.3) is 0 Å². The summed E-state index contributed by atoms with van der Waals surface area (Å²) in [5.41, 5.74) is 6.65. The first-order chi connectivity index (χ1) is 10.1. The Balaban J connectivity index is 1.84. The average molecular weight is 325 g/mol. The number of carbonyl (C=O) groups is 1. The third kappa shape index (κ3) is 4.55. The maximum atomic E-state index is 11.8. The van der Waals surface area contributed by atoms with Crippen molar-refractivity contribution in [3.63, 3.8) is 0 Å². The Morgan fingerprint density at radius 3 is 2.62 bits per heavy atom. The molecule has 0 atom stereocenters. The number of rotatable bonds is 5. The molecular formula is C15H14Cl2N2O2. The van der Waals surface area contributed by atoms with Crippen molar-refractivity contribution in [2.24, 2.45) is 0 Å². The molecule has 3 N–H and O–H groups in total. The maximum absolute atomic E-state index is 11.8. The molecular weight excluding hydrogens is 311 g/mol. The van der Waals surface area contributed by atoms with Gasteiger partial charge in [-0.2, -0.15) is 0 Å². The van der Waals surface area contributed by atoms with Gasteiger partial charge in [-0.3, -0.25) is 4.79 Å². The number of amides is 1. The summed E-state index contributed by atoms with van der Waals surface area (Å²) in [6.45, 7) is 0.224. The van der Waals surface area contributed by atoms with Gasteiger partial charge in [-0.25, -0.2) is 0 Å². The Kier molecular flexibility index (Phi) is 5.31. The van der Waals surface area contributed by atoms with E-state index in [9.17, 15) is 4.79 Å². The molecule has 2 rings (SSSR count). The summed E-state index contributed by atoms with van der Waals surface area (Å²) in [5.74, 6) is 0.353. The number of hydrogen-bond acceptors (Lipinski definition) is 3. The predicted molar refractivity (Wildman–Crippen MR) is 86.1 cm³/mol. The molecule has 6 heteroatoms. The van der Waals surface area contributed by atoms with E-state index < -0.39 is 0 Å². The molecule has 0 fully saturated rings. The largest absolute Gasteiger partial charge is 0.491 e. The fraction of sp³-hybridized carbons (Fsp3) is 0.133. The third-order valence-electron chi connectivity index (χ3n) is 2.69. The summed E-state index contributed by atoms with van der Waals surface area (Å²) in [5, 5.41) is 3.61. The van der Waals surface area contributed by atoms with Crippen molar-refractivity contribution in [3.8, 4) is 5.75 Å². The number of nitrogens with one attached hydrogen (secondary N) is 1. The van der Waals surface area contributed by atoms with Gasteiger partial charge in [0.2, 0.25) is 5.91 Å². The summed E-state index contributed by atoms with van der Waals surface area (Å²) < 4.78 is 5.45. The van der Waals surface area contributed by atoms with E-state index in [4.69, 9.17) is 33.7 Å². The number of hydrogen-bond donors (Lipinski definition) is 2. The number of benzene rings is 2. The van der Waals surface area contributed by atoms with Crippen LogP contribution in [0.3, 0.4) is 0 Å². The van der Waals surface area contributed by atoms with Gasteiger partial charge in [0, 0.05) is 5.69 Å². The standard InChI is InChI=1S/C15H14Cl2N2O2/c16-11-3-1-2-4-14(11)21-8-7-15(20)19-13-6-5-10(18)9-12(13)17/h1-6,9H,7-8,18H2,(H,19,20). The molecule has 0 aromatic heterocycles. The lowest BCUT2D eigenvalue weighted by Gasteiger charge is -2.09. The SMILES string of the molecule is Nc1ccc(NC(=O)CCOc2ccccc2Cl)c(Cl)c1. The molecule has 0 bridgehead atoms. The molecule has 21 heavy (non-hydrogen) atoms. The fourth-order valence-electron chi connectivity index (χ4n) is 1.66. The van der Waals surface area contributed by atoms with Crippen molar-refractivity contribution >= 4 is 40.5 Å². The van der Waals surface area contributed by atoms with Crippen LogP contribution in [0.5, 0.6) is 5.75 Å². The van der Waals surface area contributed by atoms with Crippen LogP contribution < -0.4 is 15.8 Å². The molecule has 0 heterocycles. The van der Waals surface area contributed by atoms with Crippen molar-refractivity contribution in [2.45, 2.75) is 6.42 Å². The molecule has 2 aromatic rings. The topological polar surface area (TPSA) is 64.3 Å². The summed E-state index contributed by atoms with van der Waals surface area (Å²) in [6.07, 6.45) is 0.186. The molecule has 0 aliphatic carbocycles. The van der Waals surface area contributed by atoms with Crippen LogP contribution in [0.2, 0.25) is 10.0 Å². The lowest BCUT2D eigenvalue weighted by atomic mass is 10.2. The van der Waals surface area contributed by atoms with E-state index in [1.807, 2.05) is 12.1 Å². The zero-order valence-corrected chi connectivity index (χ0v) is 12.6. The second kappa shape index (κ2) is 7.20. The molecule has 1 amide bonds. The number of carbonyl (C=O) groups excluding carboxylic acids is 1. The summed E-state index contributed by atoms with van der Waals surface area (Å²) in [6, 6.07) is 12.0. The van der Waals surface area contributed by atoms with E-state index in [1.165, 1.54) is 0 Å². The van der Waals surface area contributed by atoms with E-state index in [1.54, 1.807) is 30.3 Å². The van der Waals surface area contributed by atoms with Crippen molar-refractivity contribution in [1.29, 1.82) is 0 Å². The normalized spacial score (nSPS) is 10.2. The molecule has 2 aromatic carbocycles. The second-order valence-electron chi connectivity index (χ2n) is 4.32. The Hall–Kier alpha value is -1.91. The number of halogens is 2. The maximum Gasteiger partial charge on any atom is 0.227 e. The second-order valence-corrected chi connectivity index (χ2v) is 5.13. The van der Waals surface area contributed by atoms with Crippen molar-refractivity contribution in [3.05, 3.63) is 52.5 Å². The number of ether oxygens (including phenoxy) is 1. The molecule has 0 spiro atoms. The van der Waals surface area contributed by atoms with Crippen LogP contribution in [0.4, 0.5) is 11.4 Å². The Morgan fingerprint density at radius 2 is 1.90 bits per heavy atom. The predicted octanol–water partition coefficient (Wildman–Crippen LogP) is 3.98. The minimum Gasteiger partial charge on any atom is -0.491 e. The molecule has 0 saturated heterocycles. The summed E-state index contributed by atoms with van der Waals surface area (Å²) in [4.78, 5) is 11.8. The van der Waals surface area contributed by atoms with Crippen LogP contribution in [0.15, 0.2) is 42.5 Å². The van der Waals surface area contributed by atoms with Gasteiger partial charge >= 0.3 is 0 Å². The minimum atomic E-state index is -0.200. The van der Waals surface area contributed by atoms with Gasteiger partial charge in [0.15, 0.2) is 0 Å². The molecule has 0 unspecified atom stereocenters. The molecule has 0 aliphatic rings. The Bertz CT molecular complexity index is 647. The van der Waals surface area contributed by atoms with Gasteiger partial charge in [0.1, 0.15) is 5.75 Å². The van der Waals surface area contributed by atoms with E-state index in [2.05, 4.69) is 5.32 Å². The van der Waals surface area contributed by atoms with E-state index in [0.717, 1.165) is 0 Å². The van der Waals surface area contributed by atoms with Crippen LogP contribution in [-0.4, -0.2) is 12.5 Å². The lowest BCUT2D eigenvalue weighted by molar-refractivity contribution is -0.116. The zero-order valence-electron chi connectivity index (χ0n) is 11.1. The van der Waals surface area contributed by atoms with Crippen LogP contribution in [0.25, 0.3) is 0 Å². The van der Waals surface area contributed by atoms with Gasteiger partial charge in [-0.15, -0.1) is 0 Å². The number of nitrogen functional groups attached to an aromatic ring is 1. The monoisotopic (exact) mass is 324 g/mol. The van der Waals surface area contributed by atoms with Crippen LogP contribution in [-0.2, 0) is 4.79 Å². The minimum absolute atomic E-state index is 0.186. The van der Waals surface area contributed by atoms with Crippen molar-refractivity contribution in [2.75, 3.05) is 17.7 Å². The highest BCUT2D eigenvalue weighted by molar-refractivity contribution is 6.34. The number of para-hydroxylation sites is 1. The first-order valence-electron chi connectivity index (χ1n) is 6.28. The Labute approximate surface area is 132 Å². The number of nitrogens with two attached hydrogens (primary N) is 1. The van der Waals surface area contributed by atoms with Gasteiger partial charge < -0.3 is 15.8 Å². The smallest absolute Gasteiger partial charge is 0.227 e. The van der Waals surface area contributed by atoms with Gasteiger partial charge in [0.05, 0.1) is 28.8 Å². The molecule has 110 valence electrons. The highest BCUT2D eigenvalue weighted by Crippen LogP contribution is 2.25. The molecule has 4 nitrogen and oxygen atoms in total. The summed E-state index contributed by atoms with van der Waals surface area (Å²) >= 11 is 11.9.